The smallest absolute Gasteiger partial charge is 0 e. The molecule has 0 aliphatic heterocycles. The summed E-state index contributed by atoms with van der Waals surface area (Å²) in [5.74, 6) is 0. The van der Waals surface area contributed by atoms with E-state index in [4.69, 9.17) is 6.58 Å². The van der Waals surface area contributed by atoms with Crippen LogP contribution >= 0.6 is 17.0 Å². The van der Waals surface area contributed by atoms with Gasteiger partial charge in [0.1, 0.15) is 0 Å². The Morgan fingerprint density at radius 3 is 1.83 bits per heavy atom. The molecule has 0 fully saturated rings. The molecule has 2 heteroatoms. The standard InChI is InChI=1S/C4H7.BrH.Zn/c1-3-4-2;;/h1,3H,4H2,2H3;1H;/q-1;;. The van der Waals surface area contributed by atoms with Gasteiger partial charge in [-0.1, -0.05) is 13.3 Å². The molecular weight excluding hydrogens is 193 g/mol. The van der Waals surface area contributed by atoms with Crippen LogP contribution in [0.25, 0.3) is 0 Å². The van der Waals surface area contributed by atoms with E-state index in [1.54, 1.807) is 6.08 Å². The molecule has 6 heavy (non-hydrogen) atoms. The van der Waals surface area contributed by atoms with Crippen molar-refractivity contribution in [2.24, 2.45) is 0 Å². The minimum atomic E-state index is 0. The number of hydrogen-bond acceptors (Lipinski definition) is 0. The zero-order valence-corrected chi connectivity index (χ0v) is 8.66. The maximum Gasteiger partial charge on any atom is 0 e. The van der Waals surface area contributed by atoms with Crippen LogP contribution in [0, 0.1) is 6.58 Å². The fourth-order valence-electron chi connectivity index (χ4n) is 0. The fraction of sp³-hybridized carbons (Fsp3) is 0.500. The first kappa shape index (κ1) is 15.8. The average molecular weight is 201 g/mol. The molecule has 0 atom stereocenters. The van der Waals surface area contributed by atoms with Crippen LogP contribution in [0.15, 0.2) is 6.08 Å². The summed E-state index contributed by atoms with van der Waals surface area (Å²) in [5.41, 5.74) is 0. The van der Waals surface area contributed by atoms with E-state index in [1.165, 1.54) is 0 Å². The van der Waals surface area contributed by atoms with Gasteiger partial charge in [-0.2, -0.15) is 0 Å². The zero-order chi connectivity index (χ0) is 3.41. The second-order valence-corrected chi connectivity index (χ2v) is 0.644. The van der Waals surface area contributed by atoms with Gasteiger partial charge in [0.05, 0.1) is 0 Å². The SMILES string of the molecule is Br.[CH-]=CCC.[Zn]. The van der Waals surface area contributed by atoms with Gasteiger partial charge in [-0.15, -0.1) is 17.0 Å². The largest absolute Gasteiger partial charge is 0.518 e. The molecular formula is C4H8BrZn-. The molecule has 0 heterocycles. The molecule has 0 N–H and O–H groups in total. The van der Waals surface area contributed by atoms with Gasteiger partial charge in [0.25, 0.3) is 0 Å². The molecule has 0 aliphatic rings. The van der Waals surface area contributed by atoms with Crippen molar-refractivity contribution in [3.8, 4) is 0 Å². The normalized spacial score (nSPS) is 4.17. The van der Waals surface area contributed by atoms with Crippen LogP contribution in [-0.2, 0) is 19.5 Å². The third-order valence-electron chi connectivity index (χ3n) is 0.236. The Hall–Kier alpha value is 0.843. The molecule has 0 saturated heterocycles. The third-order valence-corrected chi connectivity index (χ3v) is 0.236. The minimum absolute atomic E-state index is 0. The Bertz CT molecular complexity index is 21.5. The molecule has 0 rings (SSSR count). The summed E-state index contributed by atoms with van der Waals surface area (Å²) in [4.78, 5) is 0. The first-order chi connectivity index (χ1) is 1.91. The van der Waals surface area contributed by atoms with Gasteiger partial charge in [-0.05, 0) is 0 Å². The summed E-state index contributed by atoms with van der Waals surface area (Å²) in [6.45, 7) is 6.90. The molecule has 0 aliphatic carbocycles. The Balaban J connectivity index is -0.0000000450. The molecule has 0 saturated carbocycles. The molecule has 0 amide bonds. The number of halogens is 1. The molecule has 0 aromatic heterocycles. The van der Waals surface area contributed by atoms with Crippen molar-refractivity contribution in [1.29, 1.82) is 0 Å². The van der Waals surface area contributed by atoms with Crippen molar-refractivity contribution in [3.05, 3.63) is 12.7 Å². The Labute approximate surface area is 62.5 Å². The first-order valence-corrected chi connectivity index (χ1v) is 1.45. The van der Waals surface area contributed by atoms with Crippen molar-refractivity contribution < 1.29 is 19.5 Å². The zero-order valence-electron chi connectivity index (χ0n) is 3.98. The Morgan fingerprint density at radius 2 is 1.83 bits per heavy atom. The van der Waals surface area contributed by atoms with Crippen LogP contribution in [0.1, 0.15) is 13.3 Å². The van der Waals surface area contributed by atoms with Crippen molar-refractivity contribution in [2.75, 3.05) is 0 Å². The maximum absolute atomic E-state index is 4.90. The van der Waals surface area contributed by atoms with Crippen molar-refractivity contribution in [1.82, 2.24) is 0 Å². The van der Waals surface area contributed by atoms with E-state index in [1.807, 2.05) is 6.92 Å². The van der Waals surface area contributed by atoms with Gasteiger partial charge < -0.3 is 6.58 Å². The molecule has 0 spiro atoms. The van der Waals surface area contributed by atoms with Crippen LogP contribution < -0.4 is 0 Å². The molecule has 0 radical (unpaired) electrons. The van der Waals surface area contributed by atoms with Gasteiger partial charge in [0, 0.05) is 19.5 Å². The Kier molecular flexibility index (Phi) is 44.7. The van der Waals surface area contributed by atoms with E-state index < -0.39 is 0 Å². The summed E-state index contributed by atoms with van der Waals surface area (Å²) in [6.07, 6.45) is 2.60. The second kappa shape index (κ2) is 17.0. The topological polar surface area (TPSA) is 0 Å². The van der Waals surface area contributed by atoms with E-state index in [0.29, 0.717) is 0 Å². The van der Waals surface area contributed by atoms with Crippen LogP contribution in [-0.4, -0.2) is 0 Å². The summed E-state index contributed by atoms with van der Waals surface area (Å²) >= 11 is 0. The Morgan fingerprint density at radius 1 is 1.67 bits per heavy atom. The molecule has 0 aromatic rings. The van der Waals surface area contributed by atoms with E-state index in [0.717, 1.165) is 6.42 Å². The number of allylic oxidation sites excluding steroid dienone is 1. The predicted octanol–water partition coefficient (Wildman–Crippen LogP) is 1.96. The van der Waals surface area contributed by atoms with E-state index in [9.17, 15) is 0 Å². The maximum atomic E-state index is 4.90. The van der Waals surface area contributed by atoms with Crippen LogP contribution in [0.4, 0.5) is 0 Å². The summed E-state index contributed by atoms with van der Waals surface area (Å²) in [6, 6.07) is 0. The van der Waals surface area contributed by atoms with Gasteiger partial charge >= 0.3 is 0 Å². The molecule has 34 valence electrons. The summed E-state index contributed by atoms with van der Waals surface area (Å²) in [7, 11) is 0. The van der Waals surface area contributed by atoms with Crippen molar-refractivity contribution in [2.45, 2.75) is 13.3 Å². The van der Waals surface area contributed by atoms with Gasteiger partial charge in [0.15, 0.2) is 0 Å². The quantitative estimate of drug-likeness (QED) is 0.449. The summed E-state index contributed by atoms with van der Waals surface area (Å²) < 4.78 is 0. The van der Waals surface area contributed by atoms with Gasteiger partial charge in [0.2, 0.25) is 0 Å². The second-order valence-electron chi connectivity index (χ2n) is 0.644. The number of hydrogen-bond donors (Lipinski definition) is 0. The van der Waals surface area contributed by atoms with Crippen LogP contribution in [0.2, 0.25) is 0 Å². The number of rotatable bonds is 1. The summed E-state index contributed by atoms with van der Waals surface area (Å²) in [5, 5.41) is 0. The molecule has 0 nitrogen and oxygen atoms in total. The fourth-order valence-corrected chi connectivity index (χ4v) is 0. The molecule has 0 aromatic carbocycles. The van der Waals surface area contributed by atoms with Crippen molar-refractivity contribution in [3.63, 3.8) is 0 Å². The molecule has 0 bridgehead atoms. The average Bonchev–Trinajstić information content (AvgIpc) is 1.37. The van der Waals surface area contributed by atoms with Gasteiger partial charge in [-0.25, -0.2) is 0 Å². The monoisotopic (exact) mass is 199 g/mol. The predicted molar refractivity (Wildman–Crippen MR) is 29.5 cm³/mol. The van der Waals surface area contributed by atoms with Crippen molar-refractivity contribution >= 4 is 17.0 Å². The van der Waals surface area contributed by atoms with Crippen LogP contribution in [0.5, 0.6) is 0 Å². The van der Waals surface area contributed by atoms with Gasteiger partial charge in [-0.3, -0.25) is 6.08 Å². The van der Waals surface area contributed by atoms with E-state index >= 15 is 0 Å². The van der Waals surface area contributed by atoms with E-state index in [2.05, 4.69) is 0 Å². The molecule has 0 unspecified atom stereocenters. The minimum Gasteiger partial charge on any atom is -0.518 e. The van der Waals surface area contributed by atoms with E-state index in [-0.39, 0.29) is 36.5 Å². The van der Waals surface area contributed by atoms with Crippen LogP contribution in [0.3, 0.4) is 0 Å². The first-order valence-electron chi connectivity index (χ1n) is 1.45. The third kappa shape index (κ3) is 21.1.